The van der Waals surface area contributed by atoms with Crippen LogP contribution in [0.3, 0.4) is 0 Å². The van der Waals surface area contributed by atoms with E-state index >= 15 is 0 Å². The summed E-state index contributed by atoms with van der Waals surface area (Å²) in [5.74, 6) is 0.422. The lowest BCUT2D eigenvalue weighted by Crippen LogP contribution is -2.39. The molecule has 110 valence electrons. The van der Waals surface area contributed by atoms with Crippen LogP contribution in [0.25, 0.3) is 0 Å². The molecule has 2 N–H and O–H groups in total. The van der Waals surface area contributed by atoms with Crippen molar-refractivity contribution in [2.75, 3.05) is 11.9 Å². The van der Waals surface area contributed by atoms with Crippen LogP contribution in [0, 0.1) is 11.7 Å². The SMILES string of the molecule is CCC1CCCC(NCC(=O)Nc2ccc(F)cc2)C1. The molecule has 0 aromatic heterocycles. The second kappa shape index (κ2) is 7.39. The molecule has 0 bridgehead atoms. The number of nitrogens with one attached hydrogen (secondary N) is 2. The first kappa shape index (κ1) is 15.0. The molecule has 4 heteroatoms. The van der Waals surface area contributed by atoms with Gasteiger partial charge in [0, 0.05) is 11.7 Å². The summed E-state index contributed by atoms with van der Waals surface area (Å²) in [7, 11) is 0. The first-order valence-electron chi connectivity index (χ1n) is 7.46. The molecule has 1 aromatic rings. The summed E-state index contributed by atoms with van der Waals surface area (Å²) < 4.78 is 12.8. The molecule has 1 aromatic carbocycles. The summed E-state index contributed by atoms with van der Waals surface area (Å²) in [5.41, 5.74) is 0.633. The van der Waals surface area contributed by atoms with Crippen LogP contribution in [0.5, 0.6) is 0 Å². The van der Waals surface area contributed by atoms with E-state index in [0.717, 1.165) is 12.3 Å². The number of rotatable bonds is 5. The van der Waals surface area contributed by atoms with Gasteiger partial charge in [-0.25, -0.2) is 4.39 Å². The number of benzene rings is 1. The van der Waals surface area contributed by atoms with E-state index in [-0.39, 0.29) is 11.7 Å². The molecule has 1 saturated carbocycles. The predicted molar refractivity (Wildman–Crippen MR) is 79.1 cm³/mol. The zero-order valence-corrected chi connectivity index (χ0v) is 12.0. The van der Waals surface area contributed by atoms with Gasteiger partial charge in [0.15, 0.2) is 0 Å². The number of carbonyl (C=O) groups excluding carboxylic acids is 1. The Kier molecular flexibility index (Phi) is 5.53. The maximum Gasteiger partial charge on any atom is 0.238 e. The quantitative estimate of drug-likeness (QED) is 0.867. The van der Waals surface area contributed by atoms with Crippen molar-refractivity contribution in [3.63, 3.8) is 0 Å². The van der Waals surface area contributed by atoms with Gasteiger partial charge in [-0.3, -0.25) is 4.79 Å². The third kappa shape index (κ3) is 4.60. The van der Waals surface area contributed by atoms with Gasteiger partial charge in [0.1, 0.15) is 5.82 Å². The highest BCUT2D eigenvalue weighted by molar-refractivity contribution is 5.92. The zero-order valence-electron chi connectivity index (χ0n) is 12.0. The number of carbonyl (C=O) groups is 1. The Morgan fingerprint density at radius 3 is 2.75 bits per heavy atom. The van der Waals surface area contributed by atoms with Crippen LogP contribution in [-0.2, 0) is 4.79 Å². The van der Waals surface area contributed by atoms with E-state index in [9.17, 15) is 9.18 Å². The molecule has 2 rings (SSSR count). The first-order chi connectivity index (χ1) is 9.67. The minimum atomic E-state index is -0.297. The van der Waals surface area contributed by atoms with E-state index in [1.807, 2.05) is 0 Å². The lowest BCUT2D eigenvalue weighted by molar-refractivity contribution is -0.115. The van der Waals surface area contributed by atoms with Crippen molar-refractivity contribution < 1.29 is 9.18 Å². The number of amides is 1. The van der Waals surface area contributed by atoms with E-state index in [2.05, 4.69) is 17.6 Å². The molecule has 0 radical (unpaired) electrons. The van der Waals surface area contributed by atoms with E-state index < -0.39 is 0 Å². The van der Waals surface area contributed by atoms with Crippen molar-refractivity contribution in [3.8, 4) is 0 Å². The van der Waals surface area contributed by atoms with Gasteiger partial charge in [0.05, 0.1) is 6.54 Å². The van der Waals surface area contributed by atoms with E-state index in [0.29, 0.717) is 18.3 Å². The van der Waals surface area contributed by atoms with Crippen LogP contribution in [0.15, 0.2) is 24.3 Å². The van der Waals surface area contributed by atoms with Gasteiger partial charge < -0.3 is 10.6 Å². The predicted octanol–water partition coefficient (Wildman–Crippen LogP) is 3.32. The van der Waals surface area contributed by atoms with E-state index in [4.69, 9.17) is 0 Å². The molecule has 20 heavy (non-hydrogen) atoms. The van der Waals surface area contributed by atoms with E-state index in [1.54, 1.807) is 12.1 Å². The molecule has 0 aliphatic heterocycles. The average molecular weight is 278 g/mol. The Labute approximate surface area is 120 Å². The van der Waals surface area contributed by atoms with Gasteiger partial charge in [-0.1, -0.05) is 26.2 Å². The molecule has 1 fully saturated rings. The molecule has 1 aliphatic rings. The standard InChI is InChI=1S/C16H23FN2O/c1-2-12-4-3-5-15(10-12)18-11-16(20)19-14-8-6-13(17)7-9-14/h6-9,12,15,18H,2-5,10-11H2,1H3,(H,19,20). The Hall–Kier alpha value is -1.42. The minimum absolute atomic E-state index is 0.0739. The van der Waals surface area contributed by atoms with Gasteiger partial charge >= 0.3 is 0 Å². The molecule has 0 saturated heterocycles. The number of hydrogen-bond donors (Lipinski definition) is 2. The van der Waals surface area contributed by atoms with Gasteiger partial charge in [-0.15, -0.1) is 0 Å². The van der Waals surface area contributed by atoms with Crippen molar-refractivity contribution >= 4 is 11.6 Å². The highest BCUT2D eigenvalue weighted by atomic mass is 19.1. The third-order valence-electron chi connectivity index (χ3n) is 4.04. The summed E-state index contributed by atoms with van der Waals surface area (Å²) in [5, 5.41) is 6.10. The molecular formula is C16H23FN2O. The van der Waals surface area contributed by atoms with Crippen LogP contribution < -0.4 is 10.6 Å². The number of halogens is 1. The molecule has 1 amide bonds. The minimum Gasteiger partial charge on any atom is -0.325 e. The van der Waals surface area contributed by atoms with Crippen LogP contribution >= 0.6 is 0 Å². The number of hydrogen-bond acceptors (Lipinski definition) is 2. The van der Waals surface area contributed by atoms with Gasteiger partial charge in [-0.2, -0.15) is 0 Å². The highest BCUT2D eigenvalue weighted by Crippen LogP contribution is 2.26. The fraction of sp³-hybridized carbons (Fsp3) is 0.562. The third-order valence-corrected chi connectivity index (χ3v) is 4.04. The molecule has 2 unspecified atom stereocenters. The molecule has 0 spiro atoms. The Bertz CT molecular complexity index is 433. The highest BCUT2D eigenvalue weighted by Gasteiger charge is 2.20. The Balaban J connectivity index is 1.73. The fourth-order valence-electron chi connectivity index (χ4n) is 2.82. The van der Waals surface area contributed by atoms with Crippen molar-refractivity contribution in [2.45, 2.75) is 45.1 Å². The summed E-state index contributed by atoms with van der Waals surface area (Å²) in [6, 6.07) is 6.28. The molecule has 2 atom stereocenters. The van der Waals surface area contributed by atoms with Crippen LogP contribution in [0.2, 0.25) is 0 Å². The van der Waals surface area contributed by atoms with Crippen LogP contribution in [0.1, 0.15) is 39.0 Å². The lowest BCUT2D eigenvalue weighted by Gasteiger charge is -2.29. The van der Waals surface area contributed by atoms with Gasteiger partial charge in [0.25, 0.3) is 0 Å². The lowest BCUT2D eigenvalue weighted by atomic mass is 9.84. The van der Waals surface area contributed by atoms with Gasteiger partial charge in [0.2, 0.25) is 5.91 Å². The topological polar surface area (TPSA) is 41.1 Å². The second-order valence-electron chi connectivity index (χ2n) is 5.57. The Morgan fingerprint density at radius 1 is 1.30 bits per heavy atom. The summed E-state index contributed by atoms with van der Waals surface area (Å²) in [4.78, 5) is 11.8. The number of anilines is 1. The maximum atomic E-state index is 12.8. The van der Waals surface area contributed by atoms with Crippen molar-refractivity contribution in [1.82, 2.24) is 5.32 Å². The van der Waals surface area contributed by atoms with Gasteiger partial charge in [-0.05, 0) is 43.0 Å². The van der Waals surface area contributed by atoms with E-state index in [1.165, 1.54) is 37.8 Å². The largest absolute Gasteiger partial charge is 0.325 e. The summed E-state index contributed by atoms with van der Waals surface area (Å²) >= 11 is 0. The normalized spacial score (nSPS) is 22.5. The van der Waals surface area contributed by atoms with Crippen LogP contribution in [-0.4, -0.2) is 18.5 Å². The monoisotopic (exact) mass is 278 g/mol. The molecule has 3 nitrogen and oxygen atoms in total. The second-order valence-corrected chi connectivity index (χ2v) is 5.57. The molecule has 1 aliphatic carbocycles. The molecular weight excluding hydrogens is 255 g/mol. The van der Waals surface area contributed by atoms with Crippen molar-refractivity contribution in [3.05, 3.63) is 30.1 Å². The smallest absolute Gasteiger partial charge is 0.238 e. The fourth-order valence-corrected chi connectivity index (χ4v) is 2.82. The first-order valence-corrected chi connectivity index (χ1v) is 7.46. The maximum absolute atomic E-state index is 12.8. The summed E-state index contributed by atoms with van der Waals surface area (Å²) in [6.45, 7) is 2.55. The van der Waals surface area contributed by atoms with Crippen molar-refractivity contribution in [1.29, 1.82) is 0 Å². The zero-order chi connectivity index (χ0) is 14.4. The Morgan fingerprint density at radius 2 is 2.05 bits per heavy atom. The average Bonchev–Trinajstić information content (AvgIpc) is 2.48. The summed E-state index contributed by atoms with van der Waals surface area (Å²) in [6.07, 6.45) is 6.10. The van der Waals surface area contributed by atoms with Crippen molar-refractivity contribution in [2.24, 2.45) is 5.92 Å². The molecule has 0 heterocycles. The van der Waals surface area contributed by atoms with Crippen LogP contribution in [0.4, 0.5) is 10.1 Å².